The number of rotatable bonds is 6. The number of esters is 2. The van der Waals surface area contributed by atoms with Crippen LogP contribution < -0.4 is 5.32 Å². The maximum absolute atomic E-state index is 12.4. The van der Waals surface area contributed by atoms with E-state index in [0.717, 1.165) is 31.3 Å². The third-order valence-corrected chi connectivity index (χ3v) is 8.38. The van der Waals surface area contributed by atoms with Crippen molar-refractivity contribution in [2.75, 3.05) is 26.9 Å². The van der Waals surface area contributed by atoms with Gasteiger partial charge in [0.1, 0.15) is 19.3 Å². The molecule has 32 heavy (non-hydrogen) atoms. The third kappa shape index (κ3) is 3.83. The van der Waals surface area contributed by atoms with E-state index >= 15 is 0 Å². The Labute approximate surface area is 188 Å². The van der Waals surface area contributed by atoms with E-state index in [4.69, 9.17) is 18.9 Å². The fraction of sp³-hybridized carbons (Fsp3) is 0.708. The van der Waals surface area contributed by atoms with Crippen molar-refractivity contribution in [2.45, 2.75) is 58.1 Å². The van der Waals surface area contributed by atoms with Crippen molar-refractivity contribution in [2.24, 2.45) is 22.7 Å². The molecule has 3 fully saturated rings. The first-order valence-electron chi connectivity index (χ1n) is 11.4. The molecule has 6 atom stereocenters. The van der Waals surface area contributed by atoms with E-state index in [1.165, 1.54) is 7.11 Å². The molecule has 1 saturated heterocycles. The van der Waals surface area contributed by atoms with Crippen LogP contribution in [0.25, 0.3) is 0 Å². The number of carbonyl (C=O) groups is 3. The van der Waals surface area contributed by atoms with Gasteiger partial charge in [0.25, 0.3) is 0 Å². The molecule has 2 saturated carbocycles. The van der Waals surface area contributed by atoms with Gasteiger partial charge in [-0.25, -0.2) is 9.59 Å². The van der Waals surface area contributed by atoms with Gasteiger partial charge in [-0.2, -0.15) is 0 Å². The number of methoxy groups -OCH3 is 1. The number of allylic oxidation sites excluding steroid dienone is 1. The molecule has 0 aromatic rings. The van der Waals surface area contributed by atoms with Gasteiger partial charge in [0, 0.05) is 11.5 Å². The molecular formula is C24H33NO7. The van der Waals surface area contributed by atoms with E-state index in [1.54, 1.807) is 6.08 Å². The maximum atomic E-state index is 12.4. The van der Waals surface area contributed by atoms with Gasteiger partial charge in [-0.1, -0.05) is 26.0 Å². The summed E-state index contributed by atoms with van der Waals surface area (Å²) in [5.74, 6) is -0.328. The lowest BCUT2D eigenvalue weighted by atomic mass is 9.45. The molecule has 1 N–H and O–H groups in total. The standard InChI is InChI=1S/C24H33NO7/c1-14-5-6-18-23(2,9-7-19-24(18,3)13-31-22(28)32-19)16(14)11-17(25-12-20(26)29-4)15-8-10-30-21(15)27/h8,16-19,25H,1,5-7,9-13H2,2-4H3/t16-,17?,18?,19?,23-,24+/m1/s1. The first kappa shape index (κ1) is 22.8. The molecule has 8 heteroatoms. The average Bonchev–Trinajstić information content (AvgIpc) is 3.18. The number of hydrogen-bond acceptors (Lipinski definition) is 8. The lowest BCUT2D eigenvalue weighted by molar-refractivity contribution is -0.193. The Balaban J connectivity index is 1.60. The van der Waals surface area contributed by atoms with Crippen LogP contribution in [0, 0.1) is 22.7 Å². The highest BCUT2D eigenvalue weighted by molar-refractivity contribution is 5.91. The topological polar surface area (TPSA) is 100 Å². The highest BCUT2D eigenvalue weighted by Crippen LogP contribution is 2.63. The molecule has 2 aliphatic carbocycles. The first-order valence-corrected chi connectivity index (χ1v) is 11.4. The molecule has 2 aliphatic heterocycles. The minimum atomic E-state index is -0.577. The van der Waals surface area contributed by atoms with Gasteiger partial charge in [-0.15, -0.1) is 0 Å². The predicted molar refractivity (Wildman–Crippen MR) is 114 cm³/mol. The van der Waals surface area contributed by atoms with Crippen LogP contribution in [-0.2, 0) is 28.5 Å². The van der Waals surface area contributed by atoms with Crippen LogP contribution >= 0.6 is 0 Å². The Morgan fingerprint density at radius 1 is 1.28 bits per heavy atom. The lowest BCUT2D eigenvalue weighted by Crippen LogP contribution is -2.61. The lowest BCUT2D eigenvalue weighted by Gasteiger charge is -2.61. The van der Waals surface area contributed by atoms with Crippen molar-refractivity contribution >= 4 is 18.1 Å². The summed E-state index contributed by atoms with van der Waals surface area (Å²) in [4.78, 5) is 35.9. The van der Waals surface area contributed by atoms with E-state index in [1.807, 2.05) is 0 Å². The smallest absolute Gasteiger partial charge is 0.468 e. The van der Waals surface area contributed by atoms with Gasteiger partial charge in [-0.3, -0.25) is 10.1 Å². The van der Waals surface area contributed by atoms with E-state index < -0.39 is 6.16 Å². The van der Waals surface area contributed by atoms with Crippen LogP contribution in [0.4, 0.5) is 4.79 Å². The zero-order valence-electron chi connectivity index (χ0n) is 19.1. The summed E-state index contributed by atoms with van der Waals surface area (Å²) in [7, 11) is 1.34. The number of ether oxygens (including phenoxy) is 4. The van der Waals surface area contributed by atoms with Crippen LogP contribution in [0.3, 0.4) is 0 Å². The van der Waals surface area contributed by atoms with E-state index in [9.17, 15) is 14.4 Å². The molecule has 8 nitrogen and oxygen atoms in total. The minimum Gasteiger partial charge on any atom is -0.468 e. The van der Waals surface area contributed by atoms with E-state index in [0.29, 0.717) is 18.6 Å². The predicted octanol–water partition coefficient (Wildman–Crippen LogP) is 2.92. The maximum Gasteiger partial charge on any atom is 0.508 e. The van der Waals surface area contributed by atoms with E-state index in [-0.39, 0.29) is 59.9 Å². The monoisotopic (exact) mass is 447 g/mol. The highest BCUT2D eigenvalue weighted by atomic mass is 16.7. The summed E-state index contributed by atoms with van der Waals surface area (Å²) in [6.45, 7) is 9.49. The Morgan fingerprint density at radius 3 is 2.75 bits per heavy atom. The average molecular weight is 448 g/mol. The Morgan fingerprint density at radius 2 is 2.06 bits per heavy atom. The summed E-state index contributed by atoms with van der Waals surface area (Å²) in [6, 6.07) is -0.340. The van der Waals surface area contributed by atoms with Crippen LogP contribution in [0.1, 0.15) is 46.0 Å². The fourth-order valence-electron chi connectivity index (χ4n) is 6.65. The van der Waals surface area contributed by atoms with Gasteiger partial charge in [0.15, 0.2) is 0 Å². The summed E-state index contributed by atoms with van der Waals surface area (Å²) in [5, 5.41) is 3.22. The molecule has 0 radical (unpaired) electrons. The second kappa shape index (κ2) is 8.54. The number of fused-ring (bicyclic) bond motifs is 3. The summed E-state index contributed by atoms with van der Waals surface area (Å²) < 4.78 is 20.9. The minimum absolute atomic E-state index is 0.00864. The molecule has 4 aliphatic rings. The van der Waals surface area contributed by atoms with Crippen LogP contribution in [0.2, 0.25) is 0 Å². The highest BCUT2D eigenvalue weighted by Gasteiger charge is 2.61. The molecule has 0 bridgehead atoms. The van der Waals surface area contributed by atoms with Crippen LogP contribution in [-0.4, -0.2) is 57.1 Å². The number of nitrogens with one attached hydrogen (secondary N) is 1. The quantitative estimate of drug-likeness (QED) is 0.377. The molecule has 0 amide bonds. The summed E-state index contributed by atoms with van der Waals surface area (Å²) in [5.41, 5.74) is 1.36. The number of cyclic esters (lactones) is 2. The van der Waals surface area contributed by atoms with Crippen molar-refractivity contribution in [3.8, 4) is 0 Å². The Kier molecular flexibility index (Phi) is 6.09. The normalized spacial score (nSPS) is 37.3. The molecule has 176 valence electrons. The fourth-order valence-corrected chi connectivity index (χ4v) is 6.65. The number of hydrogen-bond donors (Lipinski definition) is 1. The van der Waals surface area contributed by atoms with Crippen LogP contribution in [0.15, 0.2) is 23.8 Å². The second-order valence-electron chi connectivity index (χ2n) is 10.0. The summed E-state index contributed by atoms with van der Waals surface area (Å²) in [6.07, 6.45) is 5.19. The van der Waals surface area contributed by atoms with E-state index in [2.05, 4.69) is 25.7 Å². The van der Waals surface area contributed by atoms with Gasteiger partial charge >= 0.3 is 18.1 Å². The van der Waals surface area contributed by atoms with Gasteiger partial charge < -0.3 is 18.9 Å². The Bertz CT molecular complexity index is 851. The first-order chi connectivity index (χ1) is 15.2. The largest absolute Gasteiger partial charge is 0.508 e. The SMILES string of the molecule is C=C1CCC2[C@]3(C)COC(=O)OC3CC[C@]2(C)[C@@H]1CC(NCC(=O)OC)C1=CCOC1=O. The van der Waals surface area contributed by atoms with Crippen molar-refractivity contribution < 1.29 is 33.3 Å². The molecule has 0 aromatic heterocycles. The molecule has 0 spiro atoms. The number of carbonyl (C=O) groups excluding carboxylic acids is 3. The molecule has 0 aromatic carbocycles. The molecular weight excluding hydrogens is 414 g/mol. The van der Waals surface area contributed by atoms with Crippen molar-refractivity contribution in [3.05, 3.63) is 23.8 Å². The van der Waals surface area contributed by atoms with Crippen molar-refractivity contribution in [1.29, 1.82) is 0 Å². The molecule has 3 unspecified atom stereocenters. The van der Waals surface area contributed by atoms with Gasteiger partial charge in [0.05, 0.1) is 19.2 Å². The van der Waals surface area contributed by atoms with Crippen molar-refractivity contribution in [1.82, 2.24) is 5.32 Å². The third-order valence-electron chi connectivity index (χ3n) is 8.38. The van der Waals surface area contributed by atoms with Crippen molar-refractivity contribution in [3.63, 3.8) is 0 Å². The van der Waals surface area contributed by atoms with Gasteiger partial charge in [-0.05, 0) is 55.4 Å². The second-order valence-corrected chi connectivity index (χ2v) is 10.0. The zero-order chi connectivity index (χ0) is 23.1. The van der Waals surface area contributed by atoms with Gasteiger partial charge in [0.2, 0.25) is 0 Å². The summed E-state index contributed by atoms with van der Waals surface area (Å²) >= 11 is 0. The van der Waals surface area contributed by atoms with Crippen LogP contribution in [0.5, 0.6) is 0 Å². The Hall–Kier alpha value is -2.35. The molecule has 2 heterocycles. The molecule has 4 rings (SSSR count). The zero-order valence-corrected chi connectivity index (χ0v) is 19.1.